The van der Waals surface area contributed by atoms with E-state index in [1.165, 1.54) is 0 Å². The Bertz CT molecular complexity index is 1140. The van der Waals surface area contributed by atoms with E-state index in [2.05, 4.69) is 5.32 Å². The van der Waals surface area contributed by atoms with Gasteiger partial charge in [-0.2, -0.15) is 0 Å². The van der Waals surface area contributed by atoms with Gasteiger partial charge in [-0.15, -0.1) is 0 Å². The first-order valence-corrected chi connectivity index (χ1v) is 8.50. The summed E-state index contributed by atoms with van der Waals surface area (Å²) in [6.07, 6.45) is 1.76. The molecule has 4 aromatic rings. The SMILES string of the molecule is CC(=O)c1cn(CC(=O)Nc2cccc3ccccc23)c2ccccc12. The molecule has 0 unspecified atom stereocenters. The number of ketones is 1. The van der Waals surface area contributed by atoms with Gasteiger partial charge in [-0.3, -0.25) is 9.59 Å². The van der Waals surface area contributed by atoms with Gasteiger partial charge in [0.05, 0.1) is 0 Å². The Morgan fingerprint density at radius 1 is 0.885 bits per heavy atom. The number of para-hydroxylation sites is 1. The number of anilines is 1. The average molecular weight is 342 g/mol. The highest BCUT2D eigenvalue weighted by Crippen LogP contribution is 2.24. The normalized spacial score (nSPS) is 11.0. The van der Waals surface area contributed by atoms with Crippen LogP contribution in [0, 0.1) is 0 Å². The zero-order valence-corrected chi connectivity index (χ0v) is 14.4. The van der Waals surface area contributed by atoms with E-state index in [4.69, 9.17) is 0 Å². The Hall–Kier alpha value is -3.40. The standard InChI is InChI=1S/C22H18N2O2/c1-15(25)19-13-24(21-12-5-4-10-18(19)21)14-22(26)23-20-11-6-8-16-7-2-3-9-17(16)20/h2-13H,14H2,1H3,(H,23,26). The third kappa shape index (κ3) is 2.86. The van der Waals surface area contributed by atoms with Crippen molar-refractivity contribution in [3.63, 3.8) is 0 Å². The number of carbonyl (C=O) groups is 2. The maximum absolute atomic E-state index is 12.6. The summed E-state index contributed by atoms with van der Waals surface area (Å²) in [4.78, 5) is 24.5. The first-order valence-electron chi connectivity index (χ1n) is 8.50. The third-order valence-electron chi connectivity index (χ3n) is 4.55. The molecular weight excluding hydrogens is 324 g/mol. The number of fused-ring (bicyclic) bond motifs is 2. The van der Waals surface area contributed by atoms with E-state index < -0.39 is 0 Å². The minimum absolute atomic E-state index is 0.00517. The largest absolute Gasteiger partial charge is 0.337 e. The highest BCUT2D eigenvalue weighted by atomic mass is 16.2. The zero-order chi connectivity index (χ0) is 18.1. The van der Waals surface area contributed by atoms with E-state index in [0.717, 1.165) is 27.4 Å². The molecule has 0 atom stereocenters. The van der Waals surface area contributed by atoms with Crippen LogP contribution in [0.15, 0.2) is 72.9 Å². The fourth-order valence-electron chi connectivity index (χ4n) is 3.34. The van der Waals surface area contributed by atoms with E-state index in [0.29, 0.717) is 5.56 Å². The maximum atomic E-state index is 12.6. The highest BCUT2D eigenvalue weighted by Gasteiger charge is 2.14. The van der Waals surface area contributed by atoms with E-state index in [-0.39, 0.29) is 18.2 Å². The van der Waals surface area contributed by atoms with Gasteiger partial charge in [-0.05, 0) is 24.4 Å². The lowest BCUT2D eigenvalue weighted by Crippen LogP contribution is -2.18. The zero-order valence-electron chi connectivity index (χ0n) is 14.4. The molecule has 4 nitrogen and oxygen atoms in total. The molecule has 0 saturated heterocycles. The molecule has 0 aliphatic rings. The van der Waals surface area contributed by atoms with Crippen molar-refractivity contribution in [3.8, 4) is 0 Å². The maximum Gasteiger partial charge on any atom is 0.244 e. The van der Waals surface area contributed by atoms with E-state index in [1.807, 2.05) is 71.3 Å². The quantitative estimate of drug-likeness (QED) is 0.550. The Labute approximate surface area is 151 Å². The molecule has 0 saturated carbocycles. The number of rotatable bonds is 4. The van der Waals surface area contributed by atoms with Crippen molar-refractivity contribution in [2.24, 2.45) is 0 Å². The summed E-state index contributed by atoms with van der Waals surface area (Å²) >= 11 is 0. The minimum atomic E-state index is -0.128. The molecule has 0 radical (unpaired) electrons. The smallest absolute Gasteiger partial charge is 0.244 e. The molecule has 1 aromatic heterocycles. The van der Waals surface area contributed by atoms with Gasteiger partial charge in [0.2, 0.25) is 5.91 Å². The van der Waals surface area contributed by atoms with Gasteiger partial charge < -0.3 is 9.88 Å². The van der Waals surface area contributed by atoms with Gasteiger partial charge in [-0.25, -0.2) is 0 Å². The number of aromatic nitrogens is 1. The molecule has 0 aliphatic heterocycles. The van der Waals surface area contributed by atoms with Gasteiger partial charge in [0.1, 0.15) is 6.54 Å². The summed E-state index contributed by atoms with van der Waals surface area (Å²) in [6, 6.07) is 21.4. The fraction of sp³-hybridized carbons (Fsp3) is 0.0909. The van der Waals surface area contributed by atoms with Crippen molar-refractivity contribution in [1.82, 2.24) is 4.57 Å². The molecule has 0 aliphatic carbocycles. The van der Waals surface area contributed by atoms with Gasteiger partial charge in [0.15, 0.2) is 5.78 Å². The lowest BCUT2D eigenvalue weighted by Gasteiger charge is -2.10. The van der Waals surface area contributed by atoms with Crippen molar-refractivity contribution in [2.75, 3.05) is 5.32 Å². The first-order chi connectivity index (χ1) is 12.6. The van der Waals surface area contributed by atoms with Crippen LogP contribution in [-0.4, -0.2) is 16.3 Å². The van der Waals surface area contributed by atoms with Crippen LogP contribution in [-0.2, 0) is 11.3 Å². The summed E-state index contributed by atoms with van der Waals surface area (Å²) in [7, 11) is 0. The van der Waals surface area contributed by atoms with Crippen LogP contribution in [0.4, 0.5) is 5.69 Å². The first kappa shape index (κ1) is 16.1. The number of hydrogen-bond donors (Lipinski definition) is 1. The number of hydrogen-bond acceptors (Lipinski definition) is 2. The average Bonchev–Trinajstić information content (AvgIpc) is 3.01. The number of carbonyl (C=O) groups excluding carboxylic acids is 2. The number of Topliss-reactive ketones (excluding diaryl/α,β-unsaturated/α-hetero) is 1. The molecule has 1 N–H and O–H groups in total. The summed E-state index contributed by atoms with van der Waals surface area (Å²) in [5, 5.41) is 5.95. The van der Waals surface area contributed by atoms with Crippen molar-refractivity contribution in [2.45, 2.75) is 13.5 Å². The van der Waals surface area contributed by atoms with Gasteiger partial charge in [0, 0.05) is 33.7 Å². The predicted molar refractivity (Wildman–Crippen MR) is 105 cm³/mol. The molecule has 1 heterocycles. The molecule has 26 heavy (non-hydrogen) atoms. The van der Waals surface area contributed by atoms with Crippen LogP contribution in [0.1, 0.15) is 17.3 Å². The predicted octanol–water partition coefficient (Wildman–Crippen LogP) is 4.64. The van der Waals surface area contributed by atoms with Crippen LogP contribution in [0.25, 0.3) is 21.7 Å². The number of benzene rings is 3. The van der Waals surface area contributed by atoms with Crippen molar-refractivity contribution < 1.29 is 9.59 Å². The van der Waals surface area contributed by atoms with Crippen molar-refractivity contribution >= 4 is 39.1 Å². The third-order valence-corrected chi connectivity index (χ3v) is 4.55. The fourth-order valence-corrected chi connectivity index (χ4v) is 3.34. The number of amides is 1. The van der Waals surface area contributed by atoms with Gasteiger partial charge in [-0.1, -0.05) is 54.6 Å². The molecule has 4 rings (SSSR count). The second-order valence-corrected chi connectivity index (χ2v) is 6.32. The molecule has 1 amide bonds. The molecule has 0 fully saturated rings. The lowest BCUT2D eigenvalue weighted by atomic mass is 10.1. The molecule has 128 valence electrons. The van der Waals surface area contributed by atoms with Crippen LogP contribution in [0.5, 0.6) is 0 Å². The Kier molecular flexibility index (Phi) is 4.01. The highest BCUT2D eigenvalue weighted by molar-refractivity contribution is 6.07. The molecule has 3 aromatic carbocycles. The van der Waals surface area contributed by atoms with Gasteiger partial charge in [0.25, 0.3) is 0 Å². The van der Waals surface area contributed by atoms with Gasteiger partial charge >= 0.3 is 0 Å². The lowest BCUT2D eigenvalue weighted by molar-refractivity contribution is -0.116. The summed E-state index contributed by atoms with van der Waals surface area (Å²) in [6.45, 7) is 1.69. The molecular formula is C22H18N2O2. The van der Waals surface area contributed by atoms with Crippen molar-refractivity contribution in [3.05, 3.63) is 78.5 Å². The van der Waals surface area contributed by atoms with Crippen LogP contribution >= 0.6 is 0 Å². The second-order valence-electron chi connectivity index (χ2n) is 6.32. The van der Waals surface area contributed by atoms with E-state index in [9.17, 15) is 9.59 Å². The molecule has 4 heteroatoms. The molecule has 0 bridgehead atoms. The number of nitrogens with one attached hydrogen (secondary N) is 1. The number of nitrogens with zero attached hydrogens (tertiary/aromatic N) is 1. The topological polar surface area (TPSA) is 51.1 Å². The Morgan fingerprint density at radius 2 is 1.58 bits per heavy atom. The van der Waals surface area contributed by atoms with Crippen LogP contribution in [0.2, 0.25) is 0 Å². The van der Waals surface area contributed by atoms with E-state index in [1.54, 1.807) is 13.1 Å². The molecule has 0 spiro atoms. The monoisotopic (exact) mass is 342 g/mol. The van der Waals surface area contributed by atoms with Crippen molar-refractivity contribution in [1.29, 1.82) is 0 Å². The second kappa shape index (κ2) is 6.48. The van der Waals surface area contributed by atoms with E-state index >= 15 is 0 Å². The summed E-state index contributed by atoms with van der Waals surface area (Å²) in [5.74, 6) is -0.133. The Balaban J connectivity index is 1.65. The summed E-state index contributed by atoms with van der Waals surface area (Å²) in [5.41, 5.74) is 2.31. The minimum Gasteiger partial charge on any atom is -0.337 e. The summed E-state index contributed by atoms with van der Waals surface area (Å²) < 4.78 is 1.83. The van der Waals surface area contributed by atoms with Crippen LogP contribution < -0.4 is 5.32 Å². The Morgan fingerprint density at radius 3 is 2.38 bits per heavy atom. The van der Waals surface area contributed by atoms with Crippen LogP contribution in [0.3, 0.4) is 0 Å².